The molecule has 0 unspecified atom stereocenters. The Labute approximate surface area is 77.5 Å². The Morgan fingerprint density at radius 3 is 2.75 bits per heavy atom. The number of rotatable bonds is 2. The summed E-state index contributed by atoms with van der Waals surface area (Å²) in [5.74, 6) is 0. The summed E-state index contributed by atoms with van der Waals surface area (Å²) in [6.07, 6.45) is 4.52. The smallest absolute Gasteiger partial charge is 0.0583 e. The van der Waals surface area contributed by atoms with E-state index >= 15 is 0 Å². The van der Waals surface area contributed by atoms with E-state index in [-0.39, 0.29) is 0 Å². The van der Waals surface area contributed by atoms with Crippen molar-refractivity contribution in [2.75, 3.05) is 13.1 Å². The number of H-pyrrole nitrogens is 1. The van der Waals surface area contributed by atoms with E-state index in [1.54, 1.807) is 0 Å². The zero-order valence-corrected chi connectivity index (χ0v) is 7.77. The Morgan fingerprint density at radius 1 is 1.42 bits per heavy atom. The van der Waals surface area contributed by atoms with Gasteiger partial charge in [0.15, 0.2) is 0 Å². The highest BCUT2D eigenvalue weighted by Gasteiger charge is 2.11. The van der Waals surface area contributed by atoms with E-state index in [4.69, 9.17) is 11.6 Å². The summed E-state index contributed by atoms with van der Waals surface area (Å²) in [7, 11) is 0. The lowest BCUT2D eigenvalue weighted by molar-refractivity contribution is 0.328. The monoisotopic (exact) mass is 184 g/mol. The highest BCUT2D eigenvalue weighted by molar-refractivity contribution is 6.30. The number of hydrogen-bond donors (Lipinski definition) is 1. The zero-order chi connectivity index (χ0) is 8.39. The number of likely N-dealkylation sites (tertiary alicyclic amines) is 1. The van der Waals surface area contributed by atoms with E-state index in [0.717, 1.165) is 11.6 Å². The van der Waals surface area contributed by atoms with Crippen LogP contribution >= 0.6 is 11.6 Å². The molecule has 0 amide bonds. The molecule has 0 radical (unpaired) electrons. The molecule has 1 saturated heterocycles. The molecule has 1 aromatic heterocycles. The lowest BCUT2D eigenvalue weighted by Gasteiger charge is -2.12. The second-order valence-corrected chi connectivity index (χ2v) is 3.76. The molecule has 3 heteroatoms. The Bertz CT molecular complexity index is 251. The SMILES string of the molecule is Clc1c[nH]c(CN2CCCC2)c1. The third-order valence-corrected chi connectivity index (χ3v) is 2.52. The Balaban J connectivity index is 1.94. The number of halogens is 1. The van der Waals surface area contributed by atoms with Crippen LogP contribution in [-0.2, 0) is 6.54 Å². The first-order valence-electron chi connectivity index (χ1n) is 4.40. The minimum atomic E-state index is 0.809. The fraction of sp³-hybridized carbons (Fsp3) is 0.556. The van der Waals surface area contributed by atoms with Gasteiger partial charge in [-0.15, -0.1) is 0 Å². The number of hydrogen-bond acceptors (Lipinski definition) is 1. The van der Waals surface area contributed by atoms with Crippen LogP contribution in [0, 0.1) is 0 Å². The summed E-state index contributed by atoms with van der Waals surface area (Å²) in [6.45, 7) is 3.49. The molecule has 0 bridgehead atoms. The van der Waals surface area contributed by atoms with Gasteiger partial charge < -0.3 is 4.98 Å². The van der Waals surface area contributed by atoms with Gasteiger partial charge in [-0.3, -0.25) is 4.90 Å². The van der Waals surface area contributed by atoms with Crippen molar-refractivity contribution in [1.29, 1.82) is 0 Å². The normalized spacial score (nSPS) is 18.8. The van der Waals surface area contributed by atoms with Crippen LogP contribution in [0.15, 0.2) is 12.3 Å². The fourth-order valence-corrected chi connectivity index (χ4v) is 1.87. The molecular weight excluding hydrogens is 172 g/mol. The molecule has 66 valence electrons. The fourth-order valence-electron chi connectivity index (χ4n) is 1.68. The lowest BCUT2D eigenvalue weighted by Crippen LogP contribution is -2.18. The number of aromatic amines is 1. The average molecular weight is 185 g/mol. The summed E-state index contributed by atoms with van der Waals surface area (Å²) < 4.78 is 0. The van der Waals surface area contributed by atoms with Gasteiger partial charge in [-0.05, 0) is 32.0 Å². The summed E-state index contributed by atoms with van der Waals surface area (Å²) in [4.78, 5) is 5.61. The van der Waals surface area contributed by atoms with Crippen molar-refractivity contribution in [2.24, 2.45) is 0 Å². The maximum absolute atomic E-state index is 5.80. The molecule has 1 aromatic rings. The summed E-state index contributed by atoms with van der Waals surface area (Å²) in [5, 5.41) is 0.809. The predicted octanol–water partition coefficient (Wildman–Crippen LogP) is 2.26. The predicted molar refractivity (Wildman–Crippen MR) is 50.3 cm³/mol. The van der Waals surface area contributed by atoms with Gasteiger partial charge in [-0.2, -0.15) is 0 Å². The van der Waals surface area contributed by atoms with Crippen molar-refractivity contribution in [3.8, 4) is 0 Å². The van der Waals surface area contributed by atoms with E-state index in [1.165, 1.54) is 31.6 Å². The zero-order valence-electron chi connectivity index (χ0n) is 7.02. The largest absolute Gasteiger partial charge is 0.363 e. The van der Waals surface area contributed by atoms with Crippen LogP contribution in [0.4, 0.5) is 0 Å². The standard InChI is InChI=1S/C9H13ClN2/c10-8-5-9(11-6-8)7-12-3-1-2-4-12/h5-6,11H,1-4,7H2. The second-order valence-electron chi connectivity index (χ2n) is 3.33. The molecule has 0 spiro atoms. The first kappa shape index (κ1) is 8.14. The second kappa shape index (κ2) is 3.50. The van der Waals surface area contributed by atoms with Crippen molar-refractivity contribution in [1.82, 2.24) is 9.88 Å². The molecule has 12 heavy (non-hydrogen) atoms. The van der Waals surface area contributed by atoms with Gasteiger partial charge in [-0.1, -0.05) is 11.6 Å². The number of nitrogens with one attached hydrogen (secondary N) is 1. The van der Waals surface area contributed by atoms with Crippen LogP contribution < -0.4 is 0 Å². The van der Waals surface area contributed by atoms with Crippen LogP contribution in [0.2, 0.25) is 5.02 Å². The molecular formula is C9H13ClN2. The van der Waals surface area contributed by atoms with E-state index in [9.17, 15) is 0 Å². The Hall–Kier alpha value is -0.470. The van der Waals surface area contributed by atoms with E-state index < -0.39 is 0 Å². The lowest BCUT2D eigenvalue weighted by atomic mass is 10.4. The van der Waals surface area contributed by atoms with E-state index in [2.05, 4.69) is 9.88 Å². The topological polar surface area (TPSA) is 19.0 Å². The highest BCUT2D eigenvalue weighted by Crippen LogP contribution is 2.14. The Kier molecular flexibility index (Phi) is 2.38. The molecule has 2 rings (SSSR count). The van der Waals surface area contributed by atoms with Gasteiger partial charge in [0, 0.05) is 18.4 Å². The van der Waals surface area contributed by atoms with Crippen molar-refractivity contribution >= 4 is 11.6 Å². The van der Waals surface area contributed by atoms with Crippen LogP contribution in [0.5, 0.6) is 0 Å². The van der Waals surface area contributed by atoms with Crippen molar-refractivity contribution in [3.05, 3.63) is 23.0 Å². The first-order chi connectivity index (χ1) is 5.84. The van der Waals surface area contributed by atoms with Crippen LogP contribution in [-0.4, -0.2) is 23.0 Å². The molecule has 0 aliphatic carbocycles. The van der Waals surface area contributed by atoms with Crippen molar-refractivity contribution in [2.45, 2.75) is 19.4 Å². The third-order valence-electron chi connectivity index (χ3n) is 2.30. The summed E-state index contributed by atoms with van der Waals surface area (Å²) >= 11 is 5.80. The highest BCUT2D eigenvalue weighted by atomic mass is 35.5. The molecule has 1 N–H and O–H groups in total. The van der Waals surface area contributed by atoms with Crippen molar-refractivity contribution in [3.63, 3.8) is 0 Å². The van der Waals surface area contributed by atoms with Crippen molar-refractivity contribution < 1.29 is 0 Å². The third kappa shape index (κ3) is 1.82. The molecule has 1 fully saturated rings. The van der Waals surface area contributed by atoms with Crippen LogP contribution in [0.1, 0.15) is 18.5 Å². The summed E-state index contributed by atoms with van der Waals surface area (Å²) in [6, 6.07) is 2.00. The molecule has 0 aromatic carbocycles. The van der Waals surface area contributed by atoms with E-state index in [1.807, 2.05) is 12.3 Å². The van der Waals surface area contributed by atoms with Crippen LogP contribution in [0.25, 0.3) is 0 Å². The molecule has 1 aliphatic rings. The molecule has 0 atom stereocenters. The molecule has 2 nitrogen and oxygen atoms in total. The number of nitrogens with zero attached hydrogens (tertiary/aromatic N) is 1. The van der Waals surface area contributed by atoms with Gasteiger partial charge in [0.1, 0.15) is 0 Å². The Morgan fingerprint density at radius 2 is 2.17 bits per heavy atom. The van der Waals surface area contributed by atoms with Gasteiger partial charge in [0.05, 0.1) is 5.02 Å². The molecule has 2 heterocycles. The van der Waals surface area contributed by atoms with Gasteiger partial charge in [0.25, 0.3) is 0 Å². The molecule has 1 aliphatic heterocycles. The van der Waals surface area contributed by atoms with E-state index in [0.29, 0.717) is 0 Å². The quantitative estimate of drug-likeness (QED) is 0.747. The average Bonchev–Trinajstić information content (AvgIpc) is 2.63. The minimum absolute atomic E-state index is 0.809. The minimum Gasteiger partial charge on any atom is -0.363 e. The number of aromatic nitrogens is 1. The molecule has 0 saturated carbocycles. The maximum Gasteiger partial charge on any atom is 0.0583 e. The van der Waals surface area contributed by atoms with Gasteiger partial charge in [0.2, 0.25) is 0 Å². The van der Waals surface area contributed by atoms with Gasteiger partial charge >= 0.3 is 0 Å². The summed E-state index contributed by atoms with van der Waals surface area (Å²) in [5.41, 5.74) is 1.22. The van der Waals surface area contributed by atoms with Gasteiger partial charge in [-0.25, -0.2) is 0 Å². The maximum atomic E-state index is 5.80. The van der Waals surface area contributed by atoms with Crippen LogP contribution in [0.3, 0.4) is 0 Å². The first-order valence-corrected chi connectivity index (χ1v) is 4.77.